The normalized spacial score (nSPS) is 25.3. The number of pyridine rings is 1. The Labute approximate surface area is 123 Å². The van der Waals surface area contributed by atoms with Crippen LogP contribution in [0.15, 0.2) is 18.5 Å². The molecule has 1 aliphatic heterocycles. The van der Waals surface area contributed by atoms with E-state index in [0.29, 0.717) is 5.25 Å². The maximum absolute atomic E-state index is 10.5. The Kier molecular flexibility index (Phi) is 5.42. The molecule has 2 rings (SSSR count). The van der Waals surface area contributed by atoms with Crippen molar-refractivity contribution in [3.8, 4) is 5.75 Å². The second kappa shape index (κ2) is 6.86. The molecule has 19 heavy (non-hydrogen) atoms. The Morgan fingerprint density at radius 2 is 2.05 bits per heavy atom. The Balaban J connectivity index is 2.11. The third-order valence-electron chi connectivity index (χ3n) is 3.00. The molecular weight excluding hydrogens is 278 g/mol. The minimum absolute atomic E-state index is 0.118. The molecule has 0 amide bonds. The van der Waals surface area contributed by atoms with Gasteiger partial charge in [-0.05, 0) is 19.9 Å². The molecule has 1 saturated heterocycles. The van der Waals surface area contributed by atoms with Crippen molar-refractivity contribution in [1.29, 1.82) is 0 Å². The van der Waals surface area contributed by atoms with Crippen LogP contribution in [0.2, 0.25) is 0 Å². The third kappa shape index (κ3) is 4.04. The van der Waals surface area contributed by atoms with Crippen molar-refractivity contribution < 1.29 is 9.84 Å². The van der Waals surface area contributed by atoms with Crippen LogP contribution in [0.25, 0.3) is 0 Å². The topological polar surface area (TPSA) is 42.4 Å². The first-order chi connectivity index (χ1) is 9.08. The third-order valence-corrected chi connectivity index (χ3v) is 6.18. The van der Waals surface area contributed by atoms with E-state index in [9.17, 15) is 5.11 Å². The fourth-order valence-corrected chi connectivity index (χ4v) is 4.95. The van der Waals surface area contributed by atoms with Crippen LogP contribution >= 0.6 is 23.5 Å². The lowest BCUT2D eigenvalue weighted by molar-refractivity contribution is 0.172. The van der Waals surface area contributed by atoms with Crippen LogP contribution in [0, 0.1) is 0 Å². The fourth-order valence-electron chi connectivity index (χ4n) is 2.12. The van der Waals surface area contributed by atoms with E-state index in [2.05, 4.69) is 11.9 Å². The summed E-state index contributed by atoms with van der Waals surface area (Å²) in [5, 5.41) is 11.2. The van der Waals surface area contributed by atoms with E-state index in [1.54, 1.807) is 12.4 Å². The molecule has 3 atom stereocenters. The molecule has 2 heterocycles. The lowest BCUT2D eigenvalue weighted by Crippen LogP contribution is -2.29. The number of aliphatic hydroxyl groups excluding tert-OH is 1. The summed E-state index contributed by atoms with van der Waals surface area (Å²) in [4.78, 5) is 4.18. The lowest BCUT2D eigenvalue weighted by atomic mass is 10.1. The number of hydrogen-bond donors (Lipinski definition) is 1. The molecule has 1 aliphatic rings. The van der Waals surface area contributed by atoms with Crippen LogP contribution in [0.5, 0.6) is 5.75 Å². The minimum Gasteiger partial charge on any atom is -0.489 e. The molecular formula is C14H21NO2S2. The van der Waals surface area contributed by atoms with E-state index in [1.165, 1.54) is 5.75 Å². The van der Waals surface area contributed by atoms with E-state index < -0.39 is 6.10 Å². The van der Waals surface area contributed by atoms with E-state index in [1.807, 2.05) is 43.4 Å². The SMILES string of the molecule is CC(C)Oc1cncc(C(O)C2SCCSC2C)c1. The molecule has 1 aromatic rings. The van der Waals surface area contributed by atoms with Crippen molar-refractivity contribution in [2.45, 2.75) is 43.5 Å². The maximum Gasteiger partial charge on any atom is 0.138 e. The molecule has 0 bridgehead atoms. The number of aromatic nitrogens is 1. The molecule has 0 aromatic carbocycles. The maximum atomic E-state index is 10.5. The second-order valence-electron chi connectivity index (χ2n) is 4.98. The summed E-state index contributed by atoms with van der Waals surface area (Å²) in [6.07, 6.45) is 3.08. The zero-order valence-corrected chi connectivity index (χ0v) is 13.2. The van der Waals surface area contributed by atoms with Gasteiger partial charge < -0.3 is 9.84 Å². The first-order valence-electron chi connectivity index (χ1n) is 6.61. The summed E-state index contributed by atoms with van der Waals surface area (Å²) >= 11 is 3.79. The largest absolute Gasteiger partial charge is 0.489 e. The summed E-state index contributed by atoms with van der Waals surface area (Å²) in [6.45, 7) is 6.16. The highest BCUT2D eigenvalue weighted by Gasteiger charge is 2.30. The lowest BCUT2D eigenvalue weighted by Gasteiger charge is -2.31. The van der Waals surface area contributed by atoms with Crippen molar-refractivity contribution in [3.05, 3.63) is 24.0 Å². The van der Waals surface area contributed by atoms with Gasteiger partial charge in [0.25, 0.3) is 0 Å². The van der Waals surface area contributed by atoms with Gasteiger partial charge in [0, 0.05) is 33.8 Å². The molecule has 106 valence electrons. The molecule has 3 nitrogen and oxygen atoms in total. The van der Waals surface area contributed by atoms with E-state index in [0.717, 1.165) is 17.1 Å². The summed E-state index contributed by atoms with van der Waals surface area (Å²) in [5.41, 5.74) is 0.852. The predicted octanol–water partition coefficient (Wildman–Crippen LogP) is 3.14. The van der Waals surface area contributed by atoms with E-state index in [-0.39, 0.29) is 11.4 Å². The van der Waals surface area contributed by atoms with Crippen LogP contribution in [-0.4, -0.2) is 38.2 Å². The van der Waals surface area contributed by atoms with Gasteiger partial charge in [0.15, 0.2) is 0 Å². The van der Waals surface area contributed by atoms with Gasteiger partial charge in [-0.2, -0.15) is 23.5 Å². The van der Waals surface area contributed by atoms with Gasteiger partial charge in [-0.3, -0.25) is 4.98 Å². The molecule has 1 fully saturated rings. The number of hydrogen-bond acceptors (Lipinski definition) is 5. The van der Waals surface area contributed by atoms with Crippen molar-refractivity contribution in [1.82, 2.24) is 4.98 Å². The Morgan fingerprint density at radius 1 is 1.32 bits per heavy atom. The summed E-state index contributed by atoms with van der Waals surface area (Å²) < 4.78 is 5.63. The summed E-state index contributed by atoms with van der Waals surface area (Å²) in [7, 11) is 0. The average Bonchev–Trinajstić information content (AvgIpc) is 2.38. The number of aliphatic hydroxyl groups is 1. The van der Waals surface area contributed by atoms with Crippen molar-refractivity contribution in [2.24, 2.45) is 0 Å². The van der Waals surface area contributed by atoms with Gasteiger partial charge in [-0.15, -0.1) is 0 Å². The average molecular weight is 299 g/mol. The molecule has 0 spiro atoms. The zero-order chi connectivity index (χ0) is 13.8. The molecule has 1 aromatic heterocycles. The van der Waals surface area contributed by atoms with Gasteiger partial charge in [-0.25, -0.2) is 0 Å². The molecule has 0 radical (unpaired) electrons. The van der Waals surface area contributed by atoms with E-state index in [4.69, 9.17) is 4.74 Å². The number of ether oxygens (including phenoxy) is 1. The van der Waals surface area contributed by atoms with E-state index >= 15 is 0 Å². The van der Waals surface area contributed by atoms with Crippen LogP contribution in [0.3, 0.4) is 0 Å². The monoisotopic (exact) mass is 299 g/mol. The highest BCUT2D eigenvalue weighted by Crippen LogP contribution is 2.38. The zero-order valence-electron chi connectivity index (χ0n) is 11.6. The van der Waals surface area contributed by atoms with Crippen LogP contribution in [0.1, 0.15) is 32.4 Å². The highest BCUT2D eigenvalue weighted by atomic mass is 32.2. The Morgan fingerprint density at radius 3 is 2.74 bits per heavy atom. The number of thioether (sulfide) groups is 2. The van der Waals surface area contributed by atoms with Crippen LogP contribution in [0.4, 0.5) is 0 Å². The van der Waals surface area contributed by atoms with Gasteiger partial charge in [-0.1, -0.05) is 6.92 Å². The van der Waals surface area contributed by atoms with Crippen molar-refractivity contribution in [3.63, 3.8) is 0 Å². The molecule has 0 saturated carbocycles. The number of rotatable bonds is 4. The van der Waals surface area contributed by atoms with Gasteiger partial charge >= 0.3 is 0 Å². The van der Waals surface area contributed by atoms with Gasteiger partial charge in [0.2, 0.25) is 0 Å². The Hall–Kier alpha value is -0.390. The molecule has 0 aliphatic carbocycles. The predicted molar refractivity (Wildman–Crippen MR) is 83.1 cm³/mol. The summed E-state index contributed by atoms with van der Waals surface area (Å²) in [6, 6.07) is 1.91. The van der Waals surface area contributed by atoms with Gasteiger partial charge in [0.1, 0.15) is 5.75 Å². The van der Waals surface area contributed by atoms with Crippen LogP contribution in [-0.2, 0) is 0 Å². The standard InChI is InChI=1S/C14H21NO2S2/c1-9(2)17-12-6-11(7-15-8-12)13(16)14-10(3)18-4-5-19-14/h6-10,13-14,16H,4-5H2,1-3H3. The fraction of sp³-hybridized carbons (Fsp3) is 0.643. The molecule has 3 unspecified atom stereocenters. The van der Waals surface area contributed by atoms with Crippen LogP contribution < -0.4 is 4.74 Å². The molecule has 5 heteroatoms. The van der Waals surface area contributed by atoms with Gasteiger partial charge in [0.05, 0.1) is 18.4 Å². The smallest absolute Gasteiger partial charge is 0.138 e. The minimum atomic E-state index is -0.476. The molecule has 1 N–H and O–H groups in total. The quantitative estimate of drug-likeness (QED) is 0.925. The first-order valence-corrected chi connectivity index (χ1v) is 8.70. The first kappa shape index (κ1) is 15.0. The van der Waals surface area contributed by atoms with Crippen molar-refractivity contribution >= 4 is 23.5 Å². The summed E-state index contributed by atoms with van der Waals surface area (Å²) in [5.74, 6) is 3.00. The van der Waals surface area contributed by atoms with Crippen molar-refractivity contribution in [2.75, 3.05) is 11.5 Å². The second-order valence-corrected chi connectivity index (χ2v) is 7.75. The highest BCUT2D eigenvalue weighted by molar-refractivity contribution is 8.07. The number of nitrogens with zero attached hydrogens (tertiary/aromatic N) is 1. The Bertz CT molecular complexity index is 414.